The predicted octanol–water partition coefficient (Wildman–Crippen LogP) is 1.71. The Labute approximate surface area is 73.5 Å². The highest BCUT2D eigenvalue weighted by molar-refractivity contribution is 5.34. The van der Waals surface area contributed by atoms with Gasteiger partial charge in [-0.2, -0.15) is 0 Å². The molecule has 0 unspecified atom stereocenters. The molecular weight excluding hydrogens is 150 g/mol. The number of aromatic nitrogens is 2. The predicted molar refractivity (Wildman–Crippen MR) is 50.2 cm³/mol. The molecule has 66 valence electrons. The fraction of sp³-hybridized carbons (Fsp3) is 0.556. The highest BCUT2D eigenvalue weighted by Crippen LogP contribution is 2.06. The monoisotopic (exact) mass is 165 g/mol. The molecule has 0 atom stereocenters. The molecule has 0 saturated heterocycles. The van der Waals surface area contributed by atoms with Gasteiger partial charge in [0.2, 0.25) is 0 Å². The van der Waals surface area contributed by atoms with Gasteiger partial charge in [-0.3, -0.25) is 4.98 Å². The standard InChI is InChI=1S/C9H15N3/c1-3-7-12(4-2)9-8-10-5-6-11-9/h5-6,8H,3-4,7H2,1-2H3. The minimum atomic E-state index is 0.974. The summed E-state index contributed by atoms with van der Waals surface area (Å²) in [4.78, 5) is 10.5. The molecule has 1 aromatic rings. The van der Waals surface area contributed by atoms with Crippen molar-refractivity contribution in [3.05, 3.63) is 18.6 Å². The lowest BCUT2D eigenvalue weighted by atomic mass is 10.4. The van der Waals surface area contributed by atoms with Gasteiger partial charge in [-0.05, 0) is 13.3 Å². The van der Waals surface area contributed by atoms with Crippen LogP contribution in [0.25, 0.3) is 0 Å². The van der Waals surface area contributed by atoms with Crippen molar-refractivity contribution in [2.45, 2.75) is 20.3 Å². The summed E-state index contributed by atoms with van der Waals surface area (Å²) in [5, 5.41) is 0. The van der Waals surface area contributed by atoms with Crippen LogP contribution in [0.2, 0.25) is 0 Å². The molecule has 0 aliphatic heterocycles. The fourth-order valence-corrected chi connectivity index (χ4v) is 1.16. The first-order valence-electron chi connectivity index (χ1n) is 4.39. The quantitative estimate of drug-likeness (QED) is 0.680. The fourth-order valence-electron chi connectivity index (χ4n) is 1.16. The number of anilines is 1. The zero-order valence-corrected chi connectivity index (χ0v) is 7.70. The Balaban J connectivity index is 2.66. The summed E-state index contributed by atoms with van der Waals surface area (Å²) in [6, 6.07) is 0. The maximum atomic E-state index is 4.23. The molecular formula is C9H15N3. The molecule has 1 heterocycles. The molecule has 0 fully saturated rings. The van der Waals surface area contributed by atoms with E-state index < -0.39 is 0 Å². The second kappa shape index (κ2) is 4.70. The molecule has 0 radical (unpaired) electrons. The maximum absolute atomic E-state index is 4.23. The lowest BCUT2D eigenvalue weighted by Crippen LogP contribution is -2.24. The molecule has 0 saturated carbocycles. The summed E-state index contributed by atoms with van der Waals surface area (Å²) in [5.41, 5.74) is 0. The van der Waals surface area contributed by atoms with E-state index >= 15 is 0 Å². The van der Waals surface area contributed by atoms with E-state index in [2.05, 4.69) is 28.7 Å². The molecule has 0 aliphatic rings. The van der Waals surface area contributed by atoms with Gasteiger partial charge in [0.1, 0.15) is 5.82 Å². The van der Waals surface area contributed by atoms with Crippen molar-refractivity contribution >= 4 is 5.82 Å². The van der Waals surface area contributed by atoms with E-state index in [1.807, 2.05) is 0 Å². The van der Waals surface area contributed by atoms with Crippen LogP contribution in [-0.2, 0) is 0 Å². The van der Waals surface area contributed by atoms with Gasteiger partial charge >= 0.3 is 0 Å². The Hall–Kier alpha value is -1.12. The highest BCUT2D eigenvalue weighted by Gasteiger charge is 2.02. The van der Waals surface area contributed by atoms with Crippen molar-refractivity contribution < 1.29 is 0 Å². The first-order chi connectivity index (χ1) is 5.88. The van der Waals surface area contributed by atoms with Crippen LogP contribution in [0.3, 0.4) is 0 Å². The summed E-state index contributed by atoms with van der Waals surface area (Å²) in [6.07, 6.45) is 6.38. The Kier molecular flexibility index (Phi) is 3.51. The van der Waals surface area contributed by atoms with E-state index in [0.29, 0.717) is 0 Å². The van der Waals surface area contributed by atoms with Crippen molar-refractivity contribution in [2.75, 3.05) is 18.0 Å². The van der Waals surface area contributed by atoms with Crippen LogP contribution in [-0.4, -0.2) is 23.1 Å². The molecule has 0 aromatic carbocycles. The van der Waals surface area contributed by atoms with Crippen LogP contribution in [0.5, 0.6) is 0 Å². The number of hydrogen-bond donors (Lipinski definition) is 0. The Morgan fingerprint density at radius 3 is 2.67 bits per heavy atom. The molecule has 0 bridgehead atoms. The van der Waals surface area contributed by atoms with Gasteiger partial charge in [0.15, 0.2) is 0 Å². The van der Waals surface area contributed by atoms with E-state index in [4.69, 9.17) is 0 Å². The summed E-state index contributed by atoms with van der Waals surface area (Å²) in [5.74, 6) is 0.974. The second-order valence-corrected chi connectivity index (χ2v) is 2.64. The lowest BCUT2D eigenvalue weighted by Gasteiger charge is -2.19. The maximum Gasteiger partial charge on any atom is 0.147 e. The summed E-state index contributed by atoms with van der Waals surface area (Å²) in [6.45, 7) is 6.34. The summed E-state index contributed by atoms with van der Waals surface area (Å²) in [7, 11) is 0. The number of nitrogens with zero attached hydrogens (tertiary/aromatic N) is 3. The van der Waals surface area contributed by atoms with Gasteiger partial charge in [0, 0.05) is 25.5 Å². The highest BCUT2D eigenvalue weighted by atomic mass is 15.2. The molecule has 12 heavy (non-hydrogen) atoms. The van der Waals surface area contributed by atoms with Gasteiger partial charge in [0.05, 0.1) is 6.20 Å². The Morgan fingerprint density at radius 2 is 2.17 bits per heavy atom. The van der Waals surface area contributed by atoms with E-state index in [9.17, 15) is 0 Å². The zero-order valence-electron chi connectivity index (χ0n) is 7.70. The topological polar surface area (TPSA) is 29.0 Å². The normalized spacial score (nSPS) is 9.83. The van der Waals surface area contributed by atoms with Crippen LogP contribution >= 0.6 is 0 Å². The van der Waals surface area contributed by atoms with Crippen molar-refractivity contribution in [1.29, 1.82) is 0 Å². The average Bonchev–Trinajstić information content (AvgIpc) is 2.15. The molecule has 0 spiro atoms. The first-order valence-corrected chi connectivity index (χ1v) is 4.39. The Bertz CT molecular complexity index is 210. The van der Waals surface area contributed by atoms with E-state index in [0.717, 1.165) is 25.3 Å². The minimum Gasteiger partial charge on any atom is -0.356 e. The summed E-state index contributed by atoms with van der Waals surface area (Å²) < 4.78 is 0. The molecule has 0 N–H and O–H groups in total. The van der Waals surface area contributed by atoms with Crippen molar-refractivity contribution in [1.82, 2.24) is 9.97 Å². The van der Waals surface area contributed by atoms with E-state index in [1.165, 1.54) is 0 Å². The van der Waals surface area contributed by atoms with Gasteiger partial charge in [0.25, 0.3) is 0 Å². The third-order valence-electron chi connectivity index (χ3n) is 1.75. The van der Waals surface area contributed by atoms with Gasteiger partial charge in [-0.15, -0.1) is 0 Å². The molecule has 3 nitrogen and oxygen atoms in total. The van der Waals surface area contributed by atoms with Crippen LogP contribution in [0.1, 0.15) is 20.3 Å². The van der Waals surface area contributed by atoms with Crippen LogP contribution < -0.4 is 4.90 Å². The number of rotatable bonds is 4. The summed E-state index contributed by atoms with van der Waals surface area (Å²) >= 11 is 0. The third-order valence-corrected chi connectivity index (χ3v) is 1.75. The van der Waals surface area contributed by atoms with Crippen molar-refractivity contribution in [3.63, 3.8) is 0 Å². The van der Waals surface area contributed by atoms with Crippen LogP contribution in [0, 0.1) is 0 Å². The molecule has 0 amide bonds. The Morgan fingerprint density at radius 1 is 1.33 bits per heavy atom. The minimum absolute atomic E-state index is 0.974. The smallest absolute Gasteiger partial charge is 0.147 e. The molecule has 0 aliphatic carbocycles. The zero-order chi connectivity index (χ0) is 8.81. The second-order valence-electron chi connectivity index (χ2n) is 2.64. The van der Waals surface area contributed by atoms with E-state index in [1.54, 1.807) is 18.6 Å². The largest absolute Gasteiger partial charge is 0.356 e. The van der Waals surface area contributed by atoms with Crippen molar-refractivity contribution in [3.8, 4) is 0 Å². The number of hydrogen-bond acceptors (Lipinski definition) is 3. The van der Waals surface area contributed by atoms with Gasteiger partial charge in [-0.1, -0.05) is 6.92 Å². The van der Waals surface area contributed by atoms with Crippen LogP contribution in [0.15, 0.2) is 18.6 Å². The van der Waals surface area contributed by atoms with Gasteiger partial charge in [-0.25, -0.2) is 4.98 Å². The van der Waals surface area contributed by atoms with E-state index in [-0.39, 0.29) is 0 Å². The molecule has 1 aromatic heterocycles. The molecule has 3 heteroatoms. The lowest BCUT2D eigenvalue weighted by molar-refractivity contribution is 0.775. The average molecular weight is 165 g/mol. The van der Waals surface area contributed by atoms with Crippen LogP contribution in [0.4, 0.5) is 5.82 Å². The SMILES string of the molecule is CCCN(CC)c1cnccn1. The van der Waals surface area contributed by atoms with Gasteiger partial charge < -0.3 is 4.90 Å². The first kappa shape index (κ1) is 8.97. The van der Waals surface area contributed by atoms with Crippen molar-refractivity contribution in [2.24, 2.45) is 0 Å². The third kappa shape index (κ3) is 2.19. The molecule has 1 rings (SSSR count).